The van der Waals surface area contributed by atoms with Gasteiger partial charge in [-0.25, -0.2) is 4.98 Å². The Labute approximate surface area is 193 Å². The molecule has 0 aliphatic carbocycles. The predicted molar refractivity (Wildman–Crippen MR) is 129 cm³/mol. The van der Waals surface area contributed by atoms with Crippen molar-refractivity contribution in [2.75, 3.05) is 11.9 Å². The van der Waals surface area contributed by atoms with Crippen LogP contribution in [0.15, 0.2) is 53.9 Å². The monoisotopic (exact) mass is 451 g/mol. The number of aromatic nitrogens is 1. The van der Waals surface area contributed by atoms with Crippen molar-refractivity contribution in [1.82, 2.24) is 10.3 Å². The molecule has 0 aliphatic rings. The normalized spacial score (nSPS) is 12.2. The van der Waals surface area contributed by atoms with Gasteiger partial charge in [-0.15, -0.1) is 11.3 Å². The number of hydrogen-bond donors (Lipinski definition) is 2. The summed E-state index contributed by atoms with van der Waals surface area (Å²) in [4.78, 5) is 28.0. The second-order valence-electron chi connectivity index (χ2n) is 8.69. The van der Waals surface area contributed by atoms with Crippen LogP contribution >= 0.6 is 11.3 Å². The van der Waals surface area contributed by atoms with Crippen LogP contribution in [0.4, 0.5) is 5.13 Å². The quantitative estimate of drug-likeness (QED) is 0.509. The van der Waals surface area contributed by atoms with Crippen LogP contribution in [0, 0.1) is 0 Å². The zero-order valence-electron chi connectivity index (χ0n) is 19.1. The summed E-state index contributed by atoms with van der Waals surface area (Å²) in [5.41, 5.74) is 4.02. The number of carbonyl (C=O) groups excluding carboxylic acids is 2. The summed E-state index contributed by atoms with van der Waals surface area (Å²) in [5.74, 6) is 0.333. The third-order valence-electron chi connectivity index (χ3n) is 4.97. The highest BCUT2D eigenvalue weighted by Crippen LogP contribution is 2.27. The van der Waals surface area contributed by atoms with Gasteiger partial charge in [-0.05, 0) is 35.6 Å². The maximum atomic E-state index is 12.3. The van der Waals surface area contributed by atoms with Crippen molar-refractivity contribution >= 4 is 28.3 Å². The van der Waals surface area contributed by atoms with Crippen LogP contribution in [0.3, 0.4) is 0 Å². The van der Waals surface area contributed by atoms with E-state index in [1.807, 2.05) is 60.8 Å². The Hall–Kier alpha value is -3.19. The molecule has 2 aromatic carbocycles. The minimum absolute atomic E-state index is 0.0588. The van der Waals surface area contributed by atoms with Crippen LogP contribution in [0.5, 0.6) is 5.75 Å². The molecule has 1 aromatic heterocycles. The highest BCUT2D eigenvalue weighted by atomic mass is 32.1. The zero-order chi connectivity index (χ0) is 23.3. The number of carbonyl (C=O) groups is 2. The first-order valence-electron chi connectivity index (χ1n) is 10.5. The SMILES string of the molecule is CC(=O)NC(C)c1ccc(-c2csc(NC(=O)COc3ccc(C(C)(C)C)cc3)n2)cc1. The molecule has 1 unspecified atom stereocenters. The molecule has 2 N–H and O–H groups in total. The number of benzene rings is 2. The molecule has 0 spiro atoms. The topological polar surface area (TPSA) is 80.3 Å². The first-order chi connectivity index (χ1) is 15.1. The van der Waals surface area contributed by atoms with E-state index >= 15 is 0 Å². The van der Waals surface area contributed by atoms with E-state index in [4.69, 9.17) is 4.74 Å². The molecular formula is C25H29N3O3S. The number of amides is 2. The first kappa shape index (κ1) is 23.5. The molecule has 0 saturated heterocycles. The molecule has 7 heteroatoms. The minimum Gasteiger partial charge on any atom is -0.484 e. The molecule has 0 radical (unpaired) electrons. The van der Waals surface area contributed by atoms with E-state index in [1.165, 1.54) is 23.8 Å². The van der Waals surface area contributed by atoms with Gasteiger partial charge in [0.05, 0.1) is 11.7 Å². The first-order valence-corrected chi connectivity index (χ1v) is 11.4. The summed E-state index contributed by atoms with van der Waals surface area (Å²) < 4.78 is 5.60. The van der Waals surface area contributed by atoms with Crippen LogP contribution in [0.1, 0.15) is 51.8 Å². The average Bonchev–Trinajstić information content (AvgIpc) is 3.20. The Morgan fingerprint density at radius 3 is 2.31 bits per heavy atom. The standard InChI is InChI=1S/C25H29N3O3S/c1-16(26-17(2)29)18-6-8-19(9-7-18)22-15-32-24(27-22)28-23(30)14-31-21-12-10-20(11-13-21)25(3,4)5/h6-13,15-16H,14H2,1-5H3,(H,26,29)(H,27,28,30). The molecule has 1 atom stereocenters. The van der Waals surface area contributed by atoms with E-state index in [9.17, 15) is 9.59 Å². The van der Waals surface area contributed by atoms with Gasteiger partial charge in [0.2, 0.25) is 5.91 Å². The smallest absolute Gasteiger partial charge is 0.264 e. The lowest BCUT2D eigenvalue weighted by Gasteiger charge is -2.19. The van der Waals surface area contributed by atoms with Gasteiger partial charge >= 0.3 is 0 Å². The third-order valence-corrected chi connectivity index (χ3v) is 5.72. The molecule has 1 heterocycles. The van der Waals surface area contributed by atoms with Crippen LogP contribution in [0.2, 0.25) is 0 Å². The van der Waals surface area contributed by atoms with Gasteiger partial charge in [-0.3, -0.25) is 14.9 Å². The van der Waals surface area contributed by atoms with E-state index in [1.54, 1.807) is 0 Å². The zero-order valence-corrected chi connectivity index (χ0v) is 19.9. The van der Waals surface area contributed by atoms with Gasteiger partial charge in [0.1, 0.15) is 5.75 Å². The van der Waals surface area contributed by atoms with Crippen molar-refractivity contribution in [1.29, 1.82) is 0 Å². The molecule has 168 valence electrons. The third kappa shape index (κ3) is 6.40. The summed E-state index contributed by atoms with van der Waals surface area (Å²) in [6.45, 7) is 9.81. The molecule has 0 saturated carbocycles. The predicted octanol–water partition coefficient (Wildman–Crippen LogP) is 5.32. The molecule has 2 amide bonds. The van der Waals surface area contributed by atoms with Gasteiger partial charge in [-0.2, -0.15) is 0 Å². The number of ether oxygens (including phenoxy) is 1. The molecule has 0 bridgehead atoms. The fraction of sp³-hybridized carbons (Fsp3) is 0.320. The summed E-state index contributed by atoms with van der Waals surface area (Å²) in [7, 11) is 0. The van der Waals surface area contributed by atoms with Gasteiger partial charge in [0.25, 0.3) is 5.91 Å². The van der Waals surface area contributed by atoms with Crippen molar-refractivity contribution in [3.05, 3.63) is 65.0 Å². The van der Waals surface area contributed by atoms with Gasteiger partial charge in [-0.1, -0.05) is 57.2 Å². The molecular weight excluding hydrogens is 422 g/mol. The maximum Gasteiger partial charge on any atom is 0.264 e. The van der Waals surface area contributed by atoms with Crippen molar-refractivity contribution in [2.45, 2.75) is 46.1 Å². The number of anilines is 1. The second kappa shape index (κ2) is 9.96. The molecule has 6 nitrogen and oxygen atoms in total. The van der Waals surface area contributed by atoms with Crippen LogP contribution < -0.4 is 15.4 Å². The summed E-state index contributed by atoms with van der Waals surface area (Å²) >= 11 is 1.36. The van der Waals surface area contributed by atoms with Gasteiger partial charge in [0, 0.05) is 17.9 Å². The number of hydrogen-bond acceptors (Lipinski definition) is 5. The number of thiazole rings is 1. The van der Waals surface area contributed by atoms with E-state index < -0.39 is 0 Å². The Kier molecular flexibility index (Phi) is 7.30. The van der Waals surface area contributed by atoms with Crippen LogP contribution in [0.25, 0.3) is 11.3 Å². The highest BCUT2D eigenvalue weighted by Gasteiger charge is 2.14. The number of nitrogens with one attached hydrogen (secondary N) is 2. The Morgan fingerprint density at radius 2 is 1.72 bits per heavy atom. The Bertz CT molecular complexity index is 1070. The van der Waals surface area contributed by atoms with Crippen LogP contribution in [-0.4, -0.2) is 23.4 Å². The van der Waals surface area contributed by atoms with Gasteiger partial charge in [0.15, 0.2) is 11.7 Å². The summed E-state index contributed by atoms with van der Waals surface area (Å²) in [6.07, 6.45) is 0. The largest absolute Gasteiger partial charge is 0.484 e. The van der Waals surface area contributed by atoms with Crippen LogP contribution in [-0.2, 0) is 15.0 Å². The molecule has 0 aliphatic heterocycles. The molecule has 3 aromatic rings. The molecule has 0 fully saturated rings. The highest BCUT2D eigenvalue weighted by molar-refractivity contribution is 7.14. The van der Waals surface area contributed by atoms with E-state index in [0.29, 0.717) is 10.9 Å². The summed E-state index contributed by atoms with van der Waals surface area (Å²) in [6, 6.07) is 15.6. The molecule has 3 rings (SSSR count). The second-order valence-corrected chi connectivity index (χ2v) is 9.55. The van der Waals surface area contributed by atoms with Crippen molar-refractivity contribution < 1.29 is 14.3 Å². The van der Waals surface area contributed by atoms with Crippen molar-refractivity contribution in [2.24, 2.45) is 0 Å². The maximum absolute atomic E-state index is 12.3. The van der Waals surface area contributed by atoms with E-state index in [-0.39, 0.29) is 29.9 Å². The fourth-order valence-corrected chi connectivity index (χ4v) is 3.89. The lowest BCUT2D eigenvalue weighted by Crippen LogP contribution is -2.23. The van der Waals surface area contributed by atoms with Crippen molar-refractivity contribution in [3.63, 3.8) is 0 Å². The minimum atomic E-state index is -0.259. The Balaban J connectivity index is 1.54. The average molecular weight is 452 g/mol. The summed E-state index contributed by atoms with van der Waals surface area (Å²) in [5, 5.41) is 8.07. The molecule has 32 heavy (non-hydrogen) atoms. The number of nitrogens with zero attached hydrogens (tertiary/aromatic N) is 1. The Morgan fingerprint density at radius 1 is 1.06 bits per heavy atom. The number of rotatable bonds is 7. The fourth-order valence-electron chi connectivity index (χ4n) is 3.15. The van der Waals surface area contributed by atoms with Gasteiger partial charge < -0.3 is 10.1 Å². The lowest BCUT2D eigenvalue weighted by atomic mass is 9.87. The van der Waals surface area contributed by atoms with Crippen molar-refractivity contribution in [3.8, 4) is 17.0 Å². The van der Waals surface area contributed by atoms with E-state index in [2.05, 4.69) is 36.4 Å². The van der Waals surface area contributed by atoms with E-state index in [0.717, 1.165) is 16.8 Å². The lowest BCUT2D eigenvalue weighted by molar-refractivity contribution is -0.119.